The van der Waals surface area contributed by atoms with Gasteiger partial charge < -0.3 is 20.1 Å². The Morgan fingerprint density at radius 1 is 1.67 bits per heavy atom. The zero-order chi connectivity index (χ0) is 11.5. The molecule has 0 atom stereocenters. The fourth-order valence-electron chi connectivity index (χ4n) is 1.36. The van der Waals surface area contributed by atoms with Crippen LogP contribution in [0.15, 0.2) is 12.7 Å². The lowest BCUT2D eigenvalue weighted by atomic mass is 9.91. The quantitative estimate of drug-likeness (QED) is 0.626. The normalized spacial score (nSPS) is 17.8. The Kier molecular flexibility index (Phi) is 3.31. The molecule has 1 amide bonds. The Labute approximate surface area is 87.5 Å². The minimum Gasteiger partial charge on any atom is -0.480 e. The van der Waals surface area contributed by atoms with Crippen LogP contribution in [0.25, 0.3) is 0 Å². The van der Waals surface area contributed by atoms with E-state index in [0.717, 1.165) is 0 Å². The Bertz CT molecular complexity index is 284. The number of nitrogens with zero attached hydrogens (tertiary/aromatic N) is 1. The molecular weight excluding hydrogens is 200 g/mol. The first-order chi connectivity index (χ1) is 7.05. The first kappa shape index (κ1) is 11.5. The first-order valence-corrected chi connectivity index (χ1v) is 4.50. The molecule has 1 fully saturated rings. The van der Waals surface area contributed by atoms with Crippen molar-refractivity contribution in [2.24, 2.45) is 0 Å². The van der Waals surface area contributed by atoms with Crippen molar-refractivity contribution in [1.29, 1.82) is 0 Å². The van der Waals surface area contributed by atoms with E-state index in [2.05, 4.69) is 11.9 Å². The van der Waals surface area contributed by atoms with E-state index in [1.165, 1.54) is 11.0 Å². The summed E-state index contributed by atoms with van der Waals surface area (Å²) in [6.07, 6.45) is 0.947. The molecule has 84 valence electrons. The van der Waals surface area contributed by atoms with Crippen molar-refractivity contribution >= 4 is 12.1 Å². The van der Waals surface area contributed by atoms with E-state index in [-0.39, 0.29) is 19.7 Å². The van der Waals surface area contributed by atoms with E-state index < -0.39 is 17.6 Å². The van der Waals surface area contributed by atoms with Gasteiger partial charge in [-0.15, -0.1) is 0 Å². The fourth-order valence-corrected chi connectivity index (χ4v) is 1.36. The number of carbonyl (C=O) groups is 2. The van der Waals surface area contributed by atoms with Gasteiger partial charge in [0.15, 0.2) is 5.54 Å². The smallest absolute Gasteiger partial charge is 0.410 e. The van der Waals surface area contributed by atoms with Gasteiger partial charge in [-0.3, -0.25) is 4.79 Å². The van der Waals surface area contributed by atoms with E-state index in [4.69, 9.17) is 9.84 Å². The number of amides is 1. The highest BCUT2D eigenvalue weighted by Gasteiger charge is 2.51. The molecule has 1 aliphatic rings. The average molecular weight is 214 g/mol. The van der Waals surface area contributed by atoms with Crippen molar-refractivity contribution in [2.45, 2.75) is 5.54 Å². The highest BCUT2D eigenvalue weighted by atomic mass is 16.6. The predicted octanol–water partition coefficient (Wildman–Crippen LogP) is -0.333. The lowest BCUT2D eigenvalue weighted by molar-refractivity contribution is -0.151. The second-order valence-electron chi connectivity index (χ2n) is 3.36. The molecule has 0 aromatic carbocycles. The Morgan fingerprint density at radius 2 is 2.27 bits per heavy atom. The van der Waals surface area contributed by atoms with Crippen LogP contribution in [0, 0.1) is 0 Å². The second kappa shape index (κ2) is 4.31. The molecule has 0 aromatic heterocycles. The molecule has 6 heteroatoms. The minimum absolute atomic E-state index is 0.120. The number of carboxylic acid groups (broad SMARTS) is 1. The largest absolute Gasteiger partial charge is 0.480 e. The van der Waals surface area contributed by atoms with Gasteiger partial charge in [0.1, 0.15) is 6.61 Å². The maximum absolute atomic E-state index is 11.2. The van der Waals surface area contributed by atoms with Crippen molar-refractivity contribution in [3.63, 3.8) is 0 Å². The molecule has 6 nitrogen and oxygen atoms in total. The topological polar surface area (TPSA) is 78.9 Å². The molecule has 0 bridgehead atoms. The fraction of sp³-hybridized carbons (Fsp3) is 0.556. The van der Waals surface area contributed by atoms with Crippen LogP contribution in [-0.2, 0) is 9.53 Å². The molecule has 0 spiro atoms. The first-order valence-electron chi connectivity index (χ1n) is 4.50. The van der Waals surface area contributed by atoms with E-state index in [1.54, 1.807) is 7.05 Å². The highest BCUT2D eigenvalue weighted by molar-refractivity contribution is 5.84. The molecule has 1 aliphatic heterocycles. The zero-order valence-corrected chi connectivity index (χ0v) is 8.52. The third-order valence-electron chi connectivity index (χ3n) is 2.39. The highest BCUT2D eigenvalue weighted by Crippen LogP contribution is 2.21. The van der Waals surface area contributed by atoms with E-state index in [9.17, 15) is 9.59 Å². The maximum atomic E-state index is 11.2. The van der Waals surface area contributed by atoms with Gasteiger partial charge in [0.25, 0.3) is 0 Å². The molecule has 1 saturated heterocycles. The lowest BCUT2D eigenvalue weighted by Crippen LogP contribution is -2.73. The van der Waals surface area contributed by atoms with Crippen LogP contribution in [0.3, 0.4) is 0 Å². The monoisotopic (exact) mass is 214 g/mol. The molecule has 0 saturated carbocycles. The number of likely N-dealkylation sites (N-methyl/N-ethyl adjacent to an activating group) is 1. The predicted molar refractivity (Wildman–Crippen MR) is 52.5 cm³/mol. The van der Waals surface area contributed by atoms with Crippen molar-refractivity contribution < 1.29 is 19.4 Å². The van der Waals surface area contributed by atoms with Crippen LogP contribution in [0.5, 0.6) is 0 Å². The second-order valence-corrected chi connectivity index (χ2v) is 3.36. The van der Waals surface area contributed by atoms with Crippen molar-refractivity contribution in [3.05, 3.63) is 12.7 Å². The third kappa shape index (κ3) is 2.10. The van der Waals surface area contributed by atoms with Crippen molar-refractivity contribution in [2.75, 3.05) is 26.7 Å². The van der Waals surface area contributed by atoms with Crippen LogP contribution in [-0.4, -0.2) is 54.4 Å². The minimum atomic E-state index is -1.02. The van der Waals surface area contributed by atoms with E-state index >= 15 is 0 Å². The summed E-state index contributed by atoms with van der Waals surface area (Å²) in [5, 5.41) is 11.6. The molecule has 0 aromatic rings. The summed E-state index contributed by atoms with van der Waals surface area (Å²) < 4.78 is 4.76. The number of hydrogen-bond donors (Lipinski definition) is 2. The van der Waals surface area contributed by atoms with Gasteiger partial charge in [0.2, 0.25) is 0 Å². The van der Waals surface area contributed by atoms with Gasteiger partial charge >= 0.3 is 12.1 Å². The number of carboxylic acids is 1. The number of ether oxygens (including phenoxy) is 1. The van der Waals surface area contributed by atoms with Gasteiger partial charge in [0.05, 0.1) is 13.1 Å². The number of nitrogens with one attached hydrogen (secondary N) is 1. The molecule has 2 N–H and O–H groups in total. The summed E-state index contributed by atoms with van der Waals surface area (Å²) in [7, 11) is 1.56. The molecule has 1 rings (SSSR count). The number of aliphatic carboxylic acids is 1. The summed E-state index contributed by atoms with van der Waals surface area (Å²) in [5.41, 5.74) is -1.02. The average Bonchev–Trinajstić information content (AvgIpc) is 2.13. The molecule has 0 aliphatic carbocycles. The molecular formula is C9H14N2O4. The van der Waals surface area contributed by atoms with Gasteiger partial charge in [-0.25, -0.2) is 4.79 Å². The number of likely N-dealkylation sites (tertiary alicyclic amines) is 1. The van der Waals surface area contributed by atoms with E-state index in [1.807, 2.05) is 0 Å². The SMILES string of the molecule is C=CCOC(=O)N1CC(NC)(C(=O)O)C1. The number of carbonyl (C=O) groups excluding carboxylic acids is 1. The third-order valence-corrected chi connectivity index (χ3v) is 2.39. The maximum Gasteiger partial charge on any atom is 0.410 e. The van der Waals surface area contributed by atoms with Gasteiger partial charge in [-0.1, -0.05) is 12.7 Å². The van der Waals surface area contributed by atoms with Crippen LogP contribution in [0.4, 0.5) is 4.79 Å². The zero-order valence-electron chi connectivity index (χ0n) is 8.52. The van der Waals surface area contributed by atoms with E-state index in [0.29, 0.717) is 0 Å². The standard InChI is InChI=1S/C9H14N2O4/c1-3-4-15-8(14)11-5-9(6-11,10-2)7(12)13/h3,10H,1,4-6H2,2H3,(H,12,13). The van der Waals surface area contributed by atoms with Gasteiger partial charge in [-0.05, 0) is 7.05 Å². The summed E-state index contributed by atoms with van der Waals surface area (Å²) in [4.78, 5) is 23.4. The number of rotatable bonds is 4. The van der Waals surface area contributed by atoms with Crippen LogP contribution < -0.4 is 5.32 Å². The summed E-state index contributed by atoms with van der Waals surface area (Å²) in [6, 6.07) is 0. The summed E-state index contributed by atoms with van der Waals surface area (Å²) in [6.45, 7) is 3.78. The molecule has 0 unspecified atom stereocenters. The van der Waals surface area contributed by atoms with Crippen LogP contribution in [0.2, 0.25) is 0 Å². The molecule has 1 heterocycles. The van der Waals surface area contributed by atoms with Crippen molar-refractivity contribution in [1.82, 2.24) is 10.2 Å². The molecule has 0 radical (unpaired) electrons. The Hall–Kier alpha value is -1.56. The summed E-state index contributed by atoms with van der Waals surface area (Å²) >= 11 is 0. The van der Waals surface area contributed by atoms with Crippen LogP contribution in [0.1, 0.15) is 0 Å². The Morgan fingerprint density at radius 3 is 2.67 bits per heavy atom. The van der Waals surface area contributed by atoms with Gasteiger partial charge in [-0.2, -0.15) is 0 Å². The Balaban J connectivity index is 2.44. The van der Waals surface area contributed by atoms with Crippen LogP contribution >= 0.6 is 0 Å². The van der Waals surface area contributed by atoms with Gasteiger partial charge in [0, 0.05) is 0 Å². The number of hydrogen-bond acceptors (Lipinski definition) is 4. The summed E-state index contributed by atoms with van der Waals surface area (Å²) in [5.74, 6) is -0.960. The molecule has 15 heavy (non-hydrogen) atoms. The van der Waals surface area contributed by atoms with Crippen molar-refractivity contribution in [3.8, 4) is 0 Å². The lowest BCUT2D eigenvalue weighted by Gasteiger charge is -2.45.